The fourth-order valence-electron chi connectivity index (χ4n) is 4.77. The van der Waals surface area contributed by atoms with Gasteiger partial charge in [-0.2, -0.15) is 0 Å². The van der Waals surface area contributed by atoms with Crippen LogP contribution in [-0.4, -0.2) is 41.3 Å². The number of aromatic nitrogens is 1. The third-order valence-corrected chi connectivity index (χ3v) is 6.92. The van der Waals surface area contributed by atoms with E-state index in [2.05, 4.69) is 19.9 Å². The quantitative estimate of drug-likeness (QED) is 0.249. The molecule has 1 aliphatic heterocycles. The molecule has 4 aromatic rings. The molecule has 1 N–H and O–H groups in total. The van der Waals surface area contributed by atoms with Crippen LogP contribution >= 0.6 is 0 Å². The highest BCUT2D eigenvalue weighted by atomic mass is 19.4. The van der Waals surface area contributed by atoms with Crippen molar-refractivity contribution in [3.05, 3.63) is 114 Å². The number of pyridine rings is 1. The number of nitrogens with one attached hydrogen (secondary N) is 1. The smallest absolute Gasteiger partial charge is 0.474 e. The summed E-state index contributed by atoms with van der Waals surface area (Å²) in [5, 5.41) is 2.92. The van der Waals surface area contributed by atoms with E-state index in [0.29, 0.717) is 43.2 Å². The van der Waals surface area contributed by atoms with E-state index in [9.17, 15) is 18.0 Å². The minimum Gasteiger partial charge on any atom is -0.474 e. The van der Waals surface area contributed by atoms with E-state index in [0.717, 1.165) is 29.5 Å². The van der Waals surface area contributed by atoms with Crippen LogP contribution < -0.4 is 14.8 Å². The number of carbonyl (C=O) groups excluding carboxylic acids is 1. The molecule has 0 saturated carbocycles. The first-order chi connectivity index (χ1) is 19.8. The second kappa shape index (κ2) is 12.9. The number of ether oxygens (including phenoxy) is 2. The van der Waals surface area contributed by atoms with Gasteiger partial charge in [0.1, 0.15) is 11.9 Å². The zero-order chi connectivity index (χ0) is 28.7. The van der Waals surface area contributed by atoms with E-state index >= 15 is 0 Å². The molecule has 1 aromatic heterocycles. The maximum atomic E-state index is 12.7. The molecule has 9 heteroatoms. The fraction of sp³-hybridized carbons (Fsp3) is 0.250. The van der Waals surface area contributed by atoms with Gasteiger partial charge in [0.15, 0.2) is 0 Å². The Labute approximate surface area is 236 Å². The van der Waals surface area contributed by atoms with Crippen molar-refractivity contribution in [3.8, 4) is 22.8 Å². The van der Waals surface area contributed by atoms with Crippen molar-refractivity contribution in [1.29, 1.82) is 0 Å². The minimum absolute atomic E-state index is 0.0372. The molecular formula is C32H30F3N3O3. The predicted octanol–water partition coefficient (Wildman–Crippen LogP) is 6.62. The molecule has 0 bridgehead atoms. The molecule has 0 radical (unpaired) electrons. The molecule has 1 amide bonds. The number of alkyl halides is 3. The zero-order valence-corrected chi connectivity index (χ0v) is 22.3. The highest BCUT2D eigenvalue weighted by Crippen LogP contribution is 2.28. The molecule has 0 aliphatic carbocycles. The van der Waals surface area contributed by atoms with Crippen molar-refractivity contribution in [2.45, 2.75) is 38.4 Å². The molecule has 0 spiro atoms. The van der Waals surface area contributed by atoms with Crippen LogP contribution in [0, 0.1) is 0 Å². The number of amides is 1. The van der Waals surface area contributed by atoms with Crippen molar-refractivity contribution in [1.82, 2.24) is 15.2 Å². The van der Waals surface area contributed by atoms with E-state index in [1.807, 2.05) is 60.7 Å². The number of benzene rings is 3. The van der Waals surface area contributed by atoms with Crippen LogP contribution in [0.4, 0.5) is 13.2 Å². The van der Waals surface area contributed by atoms with Crippen LogP contribution in [0.25, 0.3) is 11.1 Å². The summed E-state index contributed by atoms with van der Waals surface area (Å²) >= 11 is 0. The van der Waals surface area contributed by atoms with Gasteiger partial charge in [0.05, 0.1) is 0 Å². The van der Waals surface area contributed by atoms with E-state index in [-0.39, 0.29) is 17.8 Å². The summed E-state index contributed by atoms with van der Waals surface area (Å²) in [7, 11) is 0. The average molecular weight is 562 g/mol. The molecule has 1 aliphatic rings. The van der Waals surface area contributed by atoms with Gasteiger partial charge in [0.25, 0.3) is 5.91 Å². The number of carbonyl (C=O) groups is 1. The zero-order valence-electron chi connectivity index (χ0n) is 22.3. The number of piperidine rings is 1. The standard InChI is InChI=1S/C32H30F3N3O3/c33-32(34,35)41-29-9-5-4-8-27(29)22-38-18-16-28(17-19-38)40-30-15-10-23(20-36-30)21-37-31(39)26-13-11-25(12-14-26)24-6-2-1-3-7-24/h1-15,20,28H,16-19,21-22H2,(H,37,39). The monoisotopic (exact) mass is 561 g/mol. The Kier molecular flexibility index (Phi) is 8.84. The van der Waals surface area contributed by atoms with E-state index in [1.54, 1.807) is 24.4 Å². The Morgan fingerprint density at radius 3 is 2.24 bits per heavy atom. The van der Waals surface area contributed by atoms with Crippen LogP contribution in [0.2, 0.25) is 0 Å². The summed E-state index contributed by atoms with van der Waals surface area (Å²) in [5.41, 5.74) is 4.08. The van der Waals surface area contributed by atoms with Crippen LogP contribution in [-0.2, 0) is 13.1 Å². The topological polar surface area (TPSA) is 63.7 Å². The number of hydrogen-bond donors (Lipinski definition) is 1. The molecule has 0 atom stereocenters. The molecule has 6 nitrogen and oxygen atoms in total. The van der Waals surface area contributed by atoms with E-state index in [4.69, 9.17) is 4.74 Å². The van der Waals surface area contributed by atoms with Gasteiger partial charge in [-0.25, -0.2) is 4.98 Å². The number of hydrogen-bond acceptors (Lipinski definition) is 5. The Morgan fingerprint density at radius 2 is 1.56 bits per heavy atom. The highest BCUT2D eigenvalue weighted by Gasteiger charge is 2.32. The molecule has 212 valence electrons. The Morgan fingerprint density at radius 1 is 0.878 bits per heavy atom. The van der Waals surface area contributed by atoms with Crippen molar-refractivity contribution in [3.63, 3.8) is 0 Å². The van der Waals surface area contributed by atoms with Gasteiger partial charge >= 0.3 is 6.36 Å². The lowest BCUT2D eigenvalue weighted by Crippen LogP contribution is -2.38. The summed E-state index contributed by atoms with van der Waals surface area (Å²) in [6.07, 6.45) is -1.62. The Hall–Kier alpha value is -4.37. The second-order valence-electron chi connectivity index (χ2n) is 9.88. The third kappa shape index (κ3) is 8.08. The largest absolute Gasteiger partial charge is 0.573 e. The summed E-state index contributed by atoms with van der Waals surface area (Å²) in [6, 6.07) is 27.4. The van der Waals surface area contributed by atoms with Gasteiger partial charge in [-0.05, 0) is 47.7 Å². The SMILES string of the molecule is O=C(NCc1ccc(OC2CCN(Cc3ccccc3OC(F)(F)F)CC2)nc1)c1ccc(-c2ccccc2)cc1. The van der Waals surface area contributed by atoms with Crippen LogP contribution in [0.5, 0.6) is 11.6 Å². The summed E-state index contributed by atoms with van der Waals surface area (Å²) in [5.74, 6) is 0.169. The number of halogens is 3. The van der Waals surface area contributed by atoms with Gasteiger partial charge < -0.3 is 14.8 Å². The summed E-state index contributed by atoms with van der Waals surface area (Å²) in [6.45, 7) is 2.07. The maximum absolute atomic E-state index is 12.7. The third-order valence-electron chi connectivity index (χ3n) is 6.92. The highest BCUT2D eigenvalue weighted by molar-refractivity contribution is 5.94. The lowest BCUT2D eigenvalue weighted by atomic mass is 10.0. The first-order valence-electron chi connectivity index (χ1n) is 13.4. The molecule has 0 unspecified atom stereocenters. The molecule has 3 aromatic carbocycles. The van der Waals surface area contributed by atoms with Crippen molar-refractivity contribution < 1.29 is 27.4 Å². The molecule has 5 rings (SSSR count). The van der Waals surface area contributed by atoms with Crippen LogP contribution in [0.3, 0.4) is 0 Å². The summed E-state index contributed by atoms with van der Waals surface area (Å²) in [4.78, 5) is 19.1. The van der Waals surface area contributed by atoms with Gasteiger partial charge in [0, 0.05) is 49.6 Å². The second-order valence-corrected chi connectivity index (χ2v) is 9.88. The minimum atomic E-state index is -4.72. The van der Waals surface area contributed by atoms with Crippen molar-refractivity contribution >= 4 is 5.91 Å². The first-order valence-corrected chi connectivity index (χ1v) is 13.4. The lowest BCUT2D eigenvalue weighted by Gasteiger charge is -2.32. The molecule has 1 saturated heterocycles. The van der Waals surface area contributed by atoms with Crippen molar-refractivity contribution in [2.24, 2.45) is 0 Å². The van der Waals surface area contributed by atoms with E-state index < -0.39 is 6.36 Å². The van der Waals surface area contributed by atoms with E-state index in [1.165, 1.54) is 12.1 Å². The van der Waals surface area contributed by atoms with Crippen molar-refractivity contribution in [2.75, 3.05) is 13.1 Å². The molecule has 41 heavy (non-hydrogen) atoms. The van der Waals surface area contributed by atoms with Crippen LogP contribution in [0.15, 0.2) is 97.2 Å². The van der Waals surface area contributed by atoms with Gasteiger partial charge in [-0.3, -0.25) is 9.69 Å². The van der Waals surface area contributed by atoms with Crippen LogP contribution in [0.1, 0.15) is 34.3 Å². The number of nitrogens with zero attached hydrogens (tertiary/aromatic N) is 2. The van der Waals surface area contributed by atoms with Gasteiger partial charge in [-0.15, -0.1) is 13.2 Å². The predicted molar refractivity (Wildman–Crippen MR) is 149 cm³/mol. The van der Waals surface area contributed by atoms with Gasteiger partial charge in [-0.1, -0.05) is 66.7 Å². The van der Waals surface area contributed by atoms with Gasteiger partial charge in [0.2, 0.25) is 5.88 Å². The number of rotatable bonds is 9. The maximum Gasteiger partial charge on any atom is 0.573 e. The fourth-order valence-corrected chi connectivity index (χ4v) is 4.77. The lowest BCUT2D eigenvalue weighted by molar-refractivity contribution is -0.275. The number of para-hydroxylation sites is 1. The molecule has 2 heterocycles. The Balaban J connectivity index is 1.06. The summed E-state index contributed by atoms with van der Waals surface area (Å²) < 4.78 is 48.4. The first kappa shape index (κ1) is 28.2. The Bertz CT molecular complexity index is 1420. The molecule has 1 fully saturated rings. The number of likely N-dealkylation sites (tertiary alicyclic amines) is 1. The average Bonchev–Trinajstić information content (AvgIpc) is 2.98. The normalized spacial score (nSPS) is 14.4. The molecular weight excluding hydrogens is 531 g/mol.